The molecule has 4 N–H and O–H groups in total. The van der Waals surface area contributed by atoms with Gasteiger partial charge in [-0.1, -0.05) is 29.3 Å². The third kappa shape index (κ3) is 2.81. The molecule has 0 aliphatic rings. The molecule has 0 saturated carbocycles. The largest absolute Gasteiger partial charge is 0.338 e. The molecule has 0 spiro atoms. The number of nitrogens with two attached hydrogens (primary N) is 1. The van der Waals surface area contributed by atoms with Crippen LogP contribution in [0.5, 0.6) is 0 Å². The van der Waals surface area contributed by atoms with Crippen molar-refractivity contribution in [2.75, 3.05) is 10.7 Å². The summed E-state index contributed by atoms with van der Waals surface area (Å²) < 4.78 is 0. The molecule has 0 saturated heterocycles. The molecule has 1 heterocycles. The minimum atomic E-state index is 0.269. The molecule has 94 valence electrons. The van der Waals surface area contributed by atoms with Gasteiger partial charge >= 0.3 is 0 Å². The van der Waals surface area contributed by atoms with Crippen molar-refractivity contribution in [3.63, 3.8) is 0 Å². The van der Waals surface area contributed by atoms with E-state index in [0.717, 1.165) is 11.3 Å². The van der Waals surface area contributed by atoms with Crippen LogP contribution in [0.4, 0.5) is 17.5 Å². The Balaban J connectivity index is 2.36. The van der Waals surface area contributed by atoms with E-state index in [1.54, 1.807) is 6.07 Å². The molecule has 1 aromatic carbocycles. The Kier molecular flexibility index (Phi) is 3.86. The lowest BCUT2D eigenvalue weighted by Crippen LogP contribution is -2.11. The average Bonchev–Trinajstić information content (AvgIpc) is 2.36. The van der Waals surface area contributed by atoms with Gasteiger partial charge in [-0.25, -0.2) is 10.8 Å². The SMILES string of the molecule is Cc1ccc(Cl)c(Nc2nc(NN)ncc2Cl)c1. The van der Waals surface area contributed by atoms with Crippen molar-refractivity contribution in [1.82, 2.24) is 9.97 Å². The monoisotopic (exact) mass is 283 g/mol. The Morgan fingerprint density at radius 2 is 2.00 bits per heavy atom. The first-order chi connectivity index (χ1) is 8.60. The standard InChI is InChI=1S/C11H11Cl2N5/c1-6-2-3-7(12)9(4-6)16-10-8(13)5-15-11(17-10)18-14/h2-5H,14H2,1H3,(H2,15,16,17,18). The number of rotatable bonds is 3. The van der Waals surface area contributed by atoms with Crippen molar-refractivity contribution in [3.05, 3.63) is 40.0 Å². The van der Waals surface area contributed by atoms with E-state index in [4.69, 9.17) is 29.0 Å². The molecule has 0 fully saturated rings. The van der Waals surface area contributed by atoms with Crippen LogP contribution in [0.25, 0.3) is 0 Å². The first-order valence-electron chi connectivity index (χ1n) is 5.12. The molecule has 5 nitrogen and oxygen atoms in total. The van der Waals surface area contributed by atoms with Gasteiger partial charge in [0, 0.05) is 0 Å². The number of halogens is 2. The second kappa shape index (κ2) is 5.39. The third-order valence-corrected chi connectivity index (χ3v) is 2.85. The maximum atomic E-state index is 6.08. The van der Waals surface area contributed by atoms with Gasteiger partial charge in [-0.2, -0.15) is 4.98 Å². The van der Waals surface area contributed by atoms with E-state index >= 15 is 0 Å². The lowest BCUT2D eigenvalue weighted by molar-refractivity contribution is 1.12. The van der Waals surface area contributed by atoms with E-state index in [2.05, 4.69) is 20.7 Å². The predicted octanol–water partition coefficient (Wildman–Crippen LogP) is 3.12. The van der Waals surface area contributed by atoms with Gasteiger partial charge < -0.3 is 5.32 Å². The van der Waals surface area contributed by atoms with Crippen molar-refractivity contribution in [3.8, 4) is 0 Å². The van der Waals surface area contributed by atoms with Crippen LogP contribution in [0.3, 0.4) is 0 Å². The molecule has 18 heavy (non-hydrogen) atoms. The van der Waals surface area contributed by atoms with Crippen molar-refractivity contribution < 1.29 is 0 Å². The number of nitrogen functional groups attached to an aromatic ring is 1. The summed E-state index contributed by atoms with van der Waals surface area (Å²) in [5.41, 5.74) is 4.15. The molecule has 0 atom stereocenters. The van der Waals surface area contributed by atoms with Crippen LogP contribution >= 0.6 is 23.2 Å². The van der Waals surface area contributed by atoms with Gasteiger partial charge in [0.05, 0.1) is 16.9 Å². The second-order valence-electron chi connectivity index (χ2n) is 3.64. The third-order valence-electron chi connectivity index (χ3n) is 2.25. The van der Waals surface area contributed by atoms with Crippen LogP contribution in [0.1, 0.15) is 5.56 Å². The summed E-state index contributed by atoms with van der Waals surface area (Å²) in [6.45, 7) is 1.97. The summed E-state index contributed by atoms with van der Waals surface area (Å²) in [5, 5.41) is 4.01. The smallest absolute Gasteiger partial charge is 0.239 e. The van der Waals surface area contributed by atoms with Crippen molar-refractivity contribution in [2.24, 2.45) is 5.84 Å². The number of anilines is 3. The van der Waals surface area contributed by atoms with E-state index in [0.29, 0.717) is 15.9 Å². The summed E-state index contributed by atoms with van der Waals surface area (Å²) in [5.74, 6) is 5.95. The average molecular weight is 284 g/mol. The normalized spacial score (nSPS) is 10.2. The summed E-state index contributed by atoms with van der Waals surface area (Å²) in [7, 11) is 0. The van der Waals surface area contributed by atoms with Crippen LogP contribution < -0.4 is 16.6 Å². The van der Waals surface area contributed by atoms with Gasteiger partial charge in [0.25, 0.3) is 0 Å². The maximum Gasteiger partial charge on any atom is 0.239 e. The quantitative estimate of drug-likeness (QED) is 0.596. The lowest BCUT2D eigenvalue weighted by atomic mass is 10.2. The number of aryl methyl sites for hydroxylation is 1. The molecule has 0 aliphatic heterocycles. The Morgan fingerprint density at radius 1 is 1.22 bits per heavy atom. The zero-order chi connectivity index (χ0) is 13.1. The topological polar surface area (TPSA) is 75.9 Å². The van der Waals surface area contributed by atoms with Crippen molar-refractivity contribution >= 4 is 40.7 Å². The molecule has 1 aromatic heterocycles. The van der Waals surface area contributed by atoms with Crippen molar-refractivity contribution in [2.45, 2.75) is 6.92 Å². The van der Waals surface area contributed by atoms with Crippen LogP contribution in [0.15, 0.2) is 24.4 Å². The van der Waals surface area contributed by atoms with E-state index in [9.17, 15) is 0 Å². The number of benzene rings is 1. The zero-order valence-electron chi connectivity index (χ0n) is 9.54. The number of nitrogens with one attached hydrogen (secondary N) is 2. The highest BCUT2D eigenvalue weighted by molar-refractivity contribution is 6.34. The fourth-order valence-corrected chi connectivity index (χ4v) is 1.69. The highest BCUT2D eigenvalue weighted by Crippen LogP contribution is 2.29. The van der Waals surface area contributed by atoms with Gasteiger partial charge in [0.1, 0.15) is 5.02 Å². The molecular weight excluding hydrogens is 273 g/mol. The van der Waals surface area contributed by atoms with Gasteiger partial charge in [0.2, 0.25) is 5.95 Å². The highest BCUT2D eigenvalue weighted by atomic mass is 35.5. The number of hydrogen-bond donors (Lipinski definition) is 3. The molecule has 7 heteroatoms. The van der Waals surface area contributed by atoms with E-state index in [1.165, 1.54) is 6.20 Å². The summed E-state index contributed by atoms with van der Waals surface area (Å²) in [4.78, 5) is 7.99. The summed E-state index contributed by atoms with van der Waals surface area (Å²) >= 11 is 12.1. The fourth-order valence-electron chi connectivity index (χ4n) is 1.39. The molecule has 2 rings (SSSR count). The minimum absolute atomic E-state index is 0.269. The molecule has 0 amide bonds. The molecule has 0 aliphatic carbocycles. The highest BCUT2D eigenvalue weighted by Gasteiger charge is 2.07. The molecule has 2 aromatic rings. The Labute approximate surface area is 114 Å². The number of nitrogens with zero attached hydrogens (tertiary/aromatic N) is 2. The summed E-state index contributed by atoms with van der Waals surface area (Å²) in [6.07, 6.45) is 1.45. The molecule has 0 radical (unpaired) electrons. The number of hydrazine groups is 1. The van der Waals surface area contributed by atoms with Crippen LogP contribution in [-0.4, -0.2) is 9.97 Å². The minimum Gasteiger partial charge on any atom is -0.338 e. The van der Waals surface area contributed by atoms with E-state index < -0.39 is 0 Å². The maximum absolute atomic E-state index is 6.08. The van der Waals surface area contributed by atoms with Gasteiger partial charge in [0.15, 0.2) is 5.82 Å². The van der Waals surface area contributed by atoms with Crippen LogP contribution in [0.2, 0.25) is 10.0 Å². The molecule has 0 bridgehead atoms. The molecule has 0 unspecified atom stereocenters. The van der Waals surface area contributed by atoms with Gasteiger partial charge in [-0.3, -0.25) is 5.43 Å². The lowest BCUT2D eigenvalue weighted by Gasteiger charge is -2.10. The van der Waals surface area contributed by atoms with Crippen LogP contribution in [0, 0.1) is 6.92 Å². The summed E-state index contributed by atoms with van der Waals surface area (Å²) in [6, 6.07) is 5.62. The Bertz CT molecular complexity index is 573. The second-order valence-corrected chi connectivity index (χ2v) is 4.46. The Hall–Kier alpha value is -1.56. The first-order valence-corrected chi connectivity index (χ1v) is 5.88. The van der Waals surface area contributed by atoms with E-state index in [-0.39, 0.29) is 5.95 Å². The predicted molar refractivity (Wildman–Crippen MR) is 74.3 cm³/mol. The van der Waals surface area contributed by atoms with Crippen LogP contribution in [-0.2, 0) is 0 Å². The number of aromatic nitrogens is 2. The Morgan fingerprint density at radius 3 is 2.72 bits per heavy atom. The molecular formula is C11H11Cl2N5. The first kappa shape index (κ1) is 12.9. The van der Waals surface area contributed by atoms with Crippen molar-refractivity contribution in [1.29, 1.82) is 0 Å². The zero-order valence-corrected chi connectivity index (χ0v) is 11.0. The number of hydrogen-bond acceptors (Lipinski definition) is 5. The van der Waals surface area contributed by atoms with Gasteiger partial charge in [-0.05, 0) is 24.6 Å². The fraction of sp³-hybridized carbons (Fsp3) is 0.0909. The van der Waals surface area contributed by atoms with Gasteiger partial charge in [-0.15, -0.1) is 0 Å². The van der Waals surface area contributed by atoms with E-state index in [1.807, 2.05) is 19.1 Å².